The van der Waals surface area contributed by atoms with E-state index in [-0.39, 0.29) is 12.2 Å². The first kappa shape index (κ1) is 19.0. The van der Waals surface area contributed by atoms with Crippen LogP contribution in [-0.2, 0) is 15.7 Å². The topological polar surface area (TPSA) is 55.4 Å². The van der Waals surface area contributed by atoms with Crippen LogP contribution in [-0.4, -0.2) is 24.5 Å². The predicted octanol–water partition coefficient (Wildman–Crippen LogP) is 3.56. The molecule has 1 aromatic carbocycles. The van der Waals surface area contributed by atoms with E-state index < -0.39 is 29.7 Å². The summed E-state index contributed by atoms with van der Waals surface area (Å²) in [4.78, 5) is 23.6. The molecule has 1 N–H and O–H groups in total. The van der Waals surface area contributed by atoms with Crippen molar-refractivity contribution in [3.63, 3.8) is 0 Å². The largest absolute Gasteiger partial charge is 0.464 e. The fraction of sp³-hybridized carbons (Fsp3) is 0.500. The SMILES string of the molecule is CCCCCOC(=O)C(C)NC(=O)c1ccc(C(F)(F)F)cc1. The van der Waals surface area contributed by atoms with Crippen LogP contribution in [0.25, 0.3) is 0 Å². The van der Waals surface area contributed by atoms with Gasteiger partial charge < -0.3 is 10.1 Å². The highest BCUT2D eigenvalue weighted by Gasteiger charge is 2.30. The van der Waals surface area contributed by atoms with E-state index in [4.69, 9.17) is 4.74 Å². The molecule has 0 aliphatic carbocycles. The summed E-state index contributed by atoms with van der Waals surface area (Å²) >= 11 is 0. The third-order valence-corrected chi connectivity index (χ3v) is 3.17. The molecular formula is C16H20F3NO3. The van der Waals surface area contributed by atoms with Crippen LogP contribution in [0.2, 0.25) is 0 Å². The Morgan fingerprint density at radius 2 is 1.78 bits per heavy atom. The molecule has 4 nitrogen and oxygen atoms in total. The van der Waals surface area contributed by atoms with Gasteiger partial charge in [0.05, 0.1) is 12.2 Å². The second-order valence-electron chi connectivity index (χ2n) is 5.14. The summed E-state index contributed by atoms with van der Waals surface area (Å²) in [5.41, 5.74) is -0.791. The molecule has 1 rings (SSSR count). The van der Waals surface area contributed by atoms with E-state index in [1.807, 2.05) is 6.92 Å². The molecule has 1 amide bonds. The van der Waals surface area contributed by atoms with Crippen LogP contribution >= 0.6 is 0 Å². The lowest BCUT2D eigenvalue weighted by molar-refractivity contribution is -0.145. The van der Waals surface area contributed by atoms with Crippen LogP contribution in [0.1, 0.15) is 49.0 Å². The average molecular weight is 331 g/mol. The minimum absolute atomic E-state index is 0.0450. The van der Waals surface area contributed by atoms with E-state index in [2.05, 4.69) is 5.32 Å². The first-order valence-corrected chi connectivity index (χ1v) is 7.40. The standard InChI is InChI=1S/C16H20F3NO3/c1-3-4-5-10-23-15(22)11(2)20-14(21)12-6-8-13(9-7-12)16(17,18)19/h6-9,11H,3-5,10H2,1-2H3,(H,20,21). The lowest BCUT2D eigenvalue weighted by atomic mass is 10.1. The van der Waals surface area contributed by atoms with Crippen molar-refractivity contribution in [1.82, 2.24) is 5.32 Å². The number of hydrogen-bond donors (Lipinski definition) is 1. The van der Waals surface area contributed by atoms with Crippen molar-refractivity contribution in [2.24, 2.45) is 0 Å². The van der Waals surface area contributed by atoms with Crippen LogP contribution in [0.3, 0.4) is 0 Å². The van der Waals surface area contributed by atoms with Gasteiger partial charge in [-0.25, -0.2) is 4.79 Å². The fourth-order valence-corrected chi connectivity index (χ4v) is 1.80. The van der Waals surface area contributed by atoms with Gasteiger partial charge >= 0.3 is 12.1 Å². The molecule has 1 unspecified atom stereocenters. The van der Waals surface area contributed by atoms with Gasteiger partial charge in [0, 0.05) is 5.56 Å². The molecule has 0 fully saturated rings. The zero-order valence-corrected chi connectivity index (χ0v) is 13.1. The Morgan fingerprint density at radius 3 is 2.30 bits per heavy atom. The predicted molar refractivity (Wildman–Crippen MR) is 78.9 cm³/mol. The number of nitrogens with one attached hydrogen (secondary N) is 1. The summed E-state index contributed by atoms with van der Waals surface area (Å²) in [5.74, 6) is -1.20. The summed E-state index contributed by atoms with van der Waals surface area (Å²) < 4.78 is 42.3. The van der Waals surface area contributed by atoms with Gasteiger partial charge in [0.25, 0.3) is 5.91 Å². The molecule has 7 heteroatoms. The maximum Gasteiger partial charge on any atom is 0.416 e. The molecular weight excluding hydrogens is 311 g/mol. The van der Waals surface area contributed by atoms with Crippen molar-refractivity contribution < 1.29 is 27.5 Å². The van der Waals surface area contributed by atoms with Gasteiger partial charge in [-0.3, -0.25) is 4.79 Å². The maximum atomic E-state index is 12.4. The normalized spacial score (nSPS) is 12.6. The number of rotatable bonds is 7. The van der Waals surface area contributed by atoms with E-state index in [9.17, 15) is 22.8 Å². The number of carbonyl (C=O) groups is 2. The van der Waals surface area contributed by atoms with E-state index in [0.717, 1.165) is 43.5 Å². The molecule has 1 aromatic rings. The Balaban J connectivity index is 2.53. The smallest absolute Gasteiger partial charge is 0.416 e. The molecule has 0 aliphatic rings. The number of carbonyl (C=O) groups excluding carboxylic acids is 2. The van der Waals surface area contributed by atoms with Crippen LogP contribution < -0.4 is 5.32 Å². The number of amides is 1. The molecule has 0 heterocycles. The molecule has 23 heavy (non-hydrogen) atoms. The van der Waals surface area contributed by atoms with Gasteiger partial charge in [0.2, 0.25) is 0 Å². The summed E-state index contributed by atoms with van der Waals surface area (Å²) in [7, 11) is 0. The second kappa shape index (κ2) is 8.55. The van der Waals surface area contributed by atoms with Crippen LogP contribution in [0.15, 0.2) is 24.3 Å². The minimum Gasteiger partial charge on any atom is -0.464 e. The third kappa shape index (κ3) is 6.30. The number of hydrogen-bond acceptors (Lipinski definition) is 3. The highest BCUT2D eigenvalue weighted by molar-refractivity contribution is 5.96. The Kier molecular flexibility index (Phi) is 7.06. The molecule has 0 saturated carbocycles. The number of benzene rings is 1. The van der Waals surface area contributed by atoms with Crippen molar-refractivity contribution in [2.45, 2.75) is 45.3 Å². The zero-order chi connectivity index (χ0) is 17.5. The van der Waals surface area contributed by atoms with Gasteiger partial charge in [0.1, 0.15) is 6.04 Å². The summed E-state index contributed by atoms with van der Waals surface area (Å²) in [5, 5.41) is 2.40. The lowest BCUT2D eigenvalue weighted by Crippen LogP contribution is -2.39. The summed E-state index contributed by atoms with van der Waals surface area (Å²) in [6.07, 6.45) is -1.76. The Morgan fingerprint density at radius 1 is 1.17 bits per heavy atom. The quantitative estimate of drug-likeness (QED) is 0.614. The van der Waals surface area contributed by atoms with Crippen LogP contribution in [0.5, 0.6) is 0 Å². The number of unbranched alkanes of at least 4 members (excludes halogenated alkanes) is 2. The van der Waals surface area contributed by atoms with Gasteiger partial charge in [-0.1, -0.05) is 19.8 Å². The molecule has 0 aliphatic heterocycles. The first-order chi connectivity index (χ1) is 10.8. The van der Waals surface area contributed by atoms with E-state index in [1.165, 1.54) is 6.92 Å². The monoisotopic (exact) mass is 331 g/mol. The summed E-state index contributed by atoms with van der Waals surface area (Å²) in [6.45, 7) is 3.77. The molecule has 0 aromatic heterocycles. The first-order valence-electron chi connectivity index (χ1n) is 7.40. The van der Waals surface area contributed by atoms with Crippen LogP contribution in [0.4, 0.5) is 13.2 Å². The molecule has 0 saturated heterocycles. The van der Waals surface area contributed by atoms with Crippen LogP contribution in [0, 0.1) is 0 Å². The van der Waals surface area contributed by atoms with Gasteiger partial charge in [-0.05, 0) is 37.6 Å². The van der Waals surface area contributed by atoms with Crippen molar-refractivity contribution in [3.05, 3.63) is 35.4 Å². The van der Waals surface area contributed by atoms with E-state index in [0.29, 0.717) is 0 Å². The van der Waals surface area contributed by atoms with Crippen molar-refractivity contribution >= 4 is 11.9 Å². The Bertz CT molecular complexity index is 526. The third-order valence-electron chi connectivity index (χ3n) is 3.17. The maximum absolute atomic E-state index is 12.4. The van der Waals surface area contributed by atoms with Gasteiger partial charge in [-0.2, -0.15) is 13.2 Å². The Hall–Kier alpha value is -2.05. The number of alkyl halides is 3. The highest BCUT2D eigenvalue weighted by atomic mass is 19.4. The van der Waals surface area contributed by atoms with Crippen molar-refractivity contribution in [3.8, 4) is 0 Å². The Labute approximate surface area is 133 Å². The molecule has 128 valence electrons. The fourth-order valence-electron chi connectivity index (χ4n) is 1.80. The lowest BCUT2D eigenvalue weighted by Gasteiger charge is -2.14. The molecule has 0 radical (unpaired) electrons. The number of halogens is 3. The minimum atomic E-state index is -4.45. The summed E-state index contributed by atoms with van der Waals surface area (Å²) in [6, 6.07) is 2.91. The van der Waals surface area contributed by atoms with E-state index >= 15 is 0 Å². The van der Waals surface area contributed by atoms with Crippen molar-refractivity contribution in [2.75, 3.05) is 6.61 Å². The number of ether oxygens (including phenoxy) is 1. The van der Waals surface area contributed by atoms with Crippen molar-refractivity contribution in [1.29, 1.82) is 0 Å². The second-order valence-corrected chi connectivity index (χ2v) is 5.14. The van der Waals surface area contributed by atoms with E-state index in [1.54, 1.807) is 0 Å². The number of esters is 1. The average Bonchev–Trinajstić information content (AvgIpc) is 2.50. The van der Waals surface area contributed by atoms with Gasteiger partial charge in [-0.15, -0.1) is 0 Å². The molecule has 1 atom stereocenters. The molecule has 0 spiro atoms. The zero-order valence-electron chi connectivity index (χ0n) is 13.1. The highest BCUT2D eigenvalue weighted by Crippen LogP contribution is 2.29. The molecule has 0 bridgehead atoms. The van der Waals surface area contributed by atoms with Gasteiger partial charge in [0.15, 0.2) is 0 Å².